The largest absolute Gasteiger partial charge is 0.373 e. The lowest BCUT2D eigenvalue weighted by molar-refractivity contribution is 0.425. The number of imidazole rings is 1. The molecule has 0 unspecified atom stereocenters. The molecule has 0 aliphatic carbocycles. The third-order valence-electron chi connectivity index (χ3n) is 2.46. The molecule has 3 aromatic rings. The lowest BCUT2D eigenvalue weighted by Crippen LogP contribution is -1.91. The van der Waals surface area contributed by atoms with E-state index >= 15 is 0 Å². The quantitative estimate of drug-likeness (QED) is 0.702. The van der Waals surface area contributed by atoms with Crippen LogP contribution in [0.3, 0.4) is 0 Å². The number of fused-ring (bicyclic) bond motifs is 1. The van der Waals surface area contributed by atoms with Crippen LogP contribution in [-0.4, -0.2) is 27.2 Å². The van der Waals surface area contributed by atoms with Gasteiger partial charge in [-0.15, -0.1) is 0 Å². The van der Waals surface area contributed by atoms with Crippen LogP contribution in [0, 0.1) is 6.92 Å². The number of pyridine rings is 1. The van der Waals surface area contributed by atoms with E-state index in [1.807, 2.05) is 32.2 Å². The second kappa shape index (κ2) is 3.58. The highest BCUT2D eigenvalue weighted by atomic mass is 16.5. The lowest BCUT2D eigenvalue weighted by atomic mass is 10.4. The van der Waals surface area contributed by atoms with Crippen molar-refractivity contribution in [2.75, 3.05) is 12.4 Å². The third kappa shape index (κ3) is 1.63. The van der Waals surface area contributed by atoms with E-state index in [-0.39, 0.29) is 0 Å². The van der Waals surface area contributed by atoms with Crippen molar-refractivity contribution in [1.29, 1.82) is 0 Å². The first kappa shape index (κ1) is 9.83. The summed E-state index contributed by atoms with van der Waals surface area (Å²) in [5, 5.41) is 6.80. The van der Waals surface area contributed by atoms with Crippen molar-refractivity contribution in [1.82, 2.24) is 20.1 Å². The van der Waals surface area contributed by atoms with E-state index in [2.05, 4.69) is 25.4 Å². The Morgan fingerprint density at radius 3 is 2.88 bits per heavy atom. The Hall–Kier alpha value is -2.37. The molecule has 3 rings (SSSR count). The molecule has 17 heavy (non-hydrogen) atoms. The number of rotatable bonds is 2. The number of H-pyrrole nitrogens is 1. The Kier molecular flexibility index (Phi) is 2.07. The van der Waals surface area contributed by atoms with Crippen molar-refractivity contribution in [3.05, 3.63) is 23.9 Å². The molecule has 0 aromatic carbocycles. The van der Waals surface area contributed by atoms with Gasteiger partial charge in [-0.1, -0.05) is 5.16 Å². The molecule has 86 valence electrons. The van der Waals surface area contributed by atoms with Gasteiger partial charge in [0.15, 0.2) is 11.5 Å². The third-order valence-corrected chi connectivity index (χ3v) is 2.46. The number of hydrogen-bond acceptors (Lipinski definition) is 5. The number of hydrogen-bond donors (Lipinski definition) is 2. The molecule has 0 aliphatic rings. The highest BCUT2D eigenvalue weighted by Crippen LogP contribution is 2.20. The highest BCUT2D eigenvalue weighted by molar-refractivity contribution is 5.76. The average Bonchev–Trinajstić information content (AvgIpc) is 2.93. The zero-order valence-electron chi connectivity index (χ0n) is 9.48. The molecule has 0 aliphatic heterocycles. The second-order valence-corrected chi connectivity index (χ2v) is 3.74. The zero-order valence-corrected chi connectivity index (χ0v) is 9.48. The molecule has 6 nitrogen and oxygen atoms in total. The fraction of sp³-hybridized carbons (Fsp3) is 0.182. The molecule has 2 N–H and O–H groups in total. The summed E-state index contributed by atoms with van der Waals surface area (Å²) in [4.78, 5) is 11.8. The summed E-state index contributed by atoms with van der Waals surface area (Å²) < 4.78 is 5.15. The first-order valence-corrected chi connectivity index (χ1v) is 5.24. The summed E-state index contributed by atoms with van der Waals surface area (Å²) in [7, 11) is 1.82. The minimum absolute atomic E-state index is 0.617. The van der Waals surface area contributed by atoms with Gasteiger partial charge >= 0.3 is 0 Å². The number of anilines is 1. The van der Waals surface area contributed by atoms with Gasteiger partial charge in [0.05, 0.1) is 11.2 Å². The number of aryl methyl sites for hydroxylation is 1. The Balaban J connectivity index is 2.13. The molecule has 0 radical (unpaired) electrons. The number of nitrogens with zero attached hydrogens (tertiary/aromatic N) is 3. The van der Waals surface area contributed by atoms with Crippen LogP contribution in [0.5, 0.6) is 0 Å². The van der Waals surface area contributed by atoms with Crippen molar-refractivity contribution in [2.24, 2.45) is 0 Å². The lowest BCUT2D eigenvalue weighted by Gasteiger charge is -1.95. The predicted molar refractivity (Wildman–Crippen MR) is 63.7 cm³/mol. The summed E-state index contributed by atoms with van der Waals surface area (Å²) in [6, 6.07) is 5.64. The van der Waals surface area contributed by atoms with E-state index in [1.165, 1.54) is 0 Å². The molecule has 0 atom stereocenters. The van der Waals surface area contributed by atoms with Crippen molar-refractivity contribution in [3.8, 4) is 11.6 Å². The van der Waals surface area contributed by atoms with Gasteiger partial charge in [-0.3, -0.25) is 0 Å². The molecule has 6 heteroatoms. The maximum Gasteiger partial charge on any atom is 0.202 e. The Morgan fingerprint density at radius 2 is 2.18 bits per heavy atom. The Labute approximate surface area is 97.1 Å². The van der Waals surface area contributed by atoms with E-state index in [1.54, 1.807) is 0 Å². The molecular weight excluding hydrogens is 218 g/mol. The molecule has 0 saturated heterocycles. The SMILES string of the molecule is CNc1ccc2[nH]c(-c3cc(C)no3)nc2n1. The van der Waals surface area contributed by atoms with E-state index in [0.29, 0.717) is 17.2 Å². The van der Waals surface area contributed by atoms with Gasteiger partial charge in [-0.2, -0.15) is 0 Å². The molecule has 0 spiro atoms. The van der Waals surface area contributed by atoms with E-state index in [0.717, 1.165) is 17.0 Å². The molecule has 0 saturated carbocycles. The summed E-state index contributed by atoms with van der Waals surface area (Å²) in [6.07, 6.45) is 0. The van der Waals surface area contributed by atoms with Crippen LogP contribution in [0.1, 0.15) is 5.69 Å². The fourth-order valence-corrected chi connectivity index (χ4v) is 1.62. The van der Waals surface area contributed by atoms with E-state index in [4.69, 9.17) is 4.52 Å². The zero-order chi connectivity index (χ0) is 11.8. The summed E-state index contributed by atoms with van der Waals surface area (Å²) >= 11 is 0. The minimum Gasteiger partial charge on any atom is -0.373 e. The van der Waals surface area contributed by atoms with Crippen molar-refractivity contribution in [3.63, 3.8) is 0 Å². The van der Waals surface area contributed by atoms with Crippen molar-refractivity contribution in [2.45, 2.75) is 6.92 Å². The maximum atomic E-state index is 5.15. The average molecular weight is 229 g/mol. The number of aromatic amines is 1. The van der Waals surface area contributed by atoms with Crippen LogP contribution >= 0.6 is 0 Å². The molecule has 0 fully saturated rings. The van der Waals surface area contributed by atoms with Crippen molar-refractivity contribution < 1.29 is 4.52 Å². The van der Waals surface area contributed by atoms with Gasteiger partial charge in [0, 0.05) is 13.1 Å². The summed E-state index contributed by atoms with van der Waals surface area (Å²) in [6.45, 7) is 1.87. The minimum atomic E-state index is 0.617. The van der Waals surface area contributed by atoms with Crippen LogP contribution < -0.4 is 5.32 Å². The second-order valence-electron chi connectivity index (χ2n) is 3.74. The molecule has 3 aromatic heterocycles. The first-order valence-electron chi connectivity index (χ1n) is 5.24. The van der Waals surface area contributed by atoms with E-state index in [9.17, 15) is 0 Å². The molecule has 3 heterocycles. The van der Waals surface area contributed by atoms with Gasteiger partial charge < -0.3 is 14.8 Å². The number of aromatic nitrogens is 4. The maximum absolute atomic E-state index is 5.15. The Bertz CT molecular complexity index is 669. The normalized spacial score (nSPS) is 10.9. The smallest absolute Gasteiger partial charge is 0.202 e. The monoisotopic (exact) mass is 229 g/mol. The number of nitrogens with one attached hydrogen (secondary N) is 2. The van der Waals surface area contributed by atoms with Crippen LogP contribution in [0.15, 0.2) is 22.7 Å². The van der Waals surface area contributed by atoms with Gasteiger partial charge in [0.2, 0.25) is 5.76 Å². The first-order chi connectivity index (χ1) is 8.26. The van der Waals surface area contributed by atoms with Crippen LogP contribution in [0.2, 0.25) is 0 Å². The molecular formula is C11H11N5O. The van der Waals surface area contributed by atoms with Crippen LogP contribution in [0.4, 0.5) is 5.82 Å². The fourth-order valence-electron chi connectivity index (χ4n) is 1.62. The van der Waals surface area contributed by atoms with E-state index < -0.39 is 0 Å². The van der Waals surface area contributed by atoms with Gasteiger partial charge in [-0.05, 0) is 19.1 Å². The van der Waals surface area contributed by atoms with Crippen LogP contribution in [0.25, 0.3) is 22.7 Å². The van der Waals surface area contributed by atoms with Gasteiger partial charge in [0.1, 0.15) is 5.82 Å². The summed E-state index contributed by atoms with van der Waals surface area (Å²) in [5.41, 5.74) is 2.35. The van der Waals surface area contributed by atoms with Gasteiger partial charge in [-0.25, -0.2) is 9.97 Å². The Morgan fingerprint density at radius 1 is 1.29 bits per heavy atom. The molecule has 0 amide bonds. The summed E-state index contributed by atoms with van der Waals surface area (Å²) in [5.74, 6) is 2.04. The van der Waals surface area contributed by atoms with Gasteiger partial charge in [0.25, 0.3) is 0 Å². The predicted octanol–water partition coefficient (Wildman–Crippen LogP) is 1.96. The topological polar surface area (TPSA) is 79.6 Å². The standard InChI is InChI=1S/C11H11N5O/c1-6-5-8(17-16-6)11-13-7-3-4-9(12-2)14-10(7)15-11/h3-5H,1-2H3,(H2,12,13,14,15). The molecule has 0 bridgehead atoms. The van der Waals surface area contributed by atoms with Crippen LogP contribution in [-0.2, 0) is 0 Å². The highest BCUT2D eigenvalue weighted by Gasteiger charge is 2.10. The van der Waals surface area contributed by atoms with Crippen molar-refractivity contribution >= 4 is 17.0 Å².